The van der Waals surface area contributed by atoms with Crippen LogP contribution in [-0.2, 0) is 0 Å². The van der Waals surface area contributed by atoms with Gasteiger partial charge in [-0.25, -0.2) is 4.98 Å². The Morgan fingerprint density at radius 3 is 2.48 bits per heavy atom. The fourth-order valence-corrected chi connectivity index (χ4v) is 3.28. The first kappa shape index (κ1) is 19.3. The van der Waals surface area contributed by atoms with E-state index in [0.717, 1.165) is 11.3 Å². The largest absolute Gasteiger partial charge is 0.436 e. The lowest BCUT2D eigenvalue weighted by Gasteiger charge is -2.11. The maximum Gasteiger partial charge on any atom is 0.257 e. The van der Waals surface area contributed by atoms with Gasteiger partial charge in [-0.15, -0.1) is 0 Å². The predicted molar refractivity (Wildman–Crippen MR) is 118 cm³/mol. The van der Waals surface area contributed by atoms with Gasteiger partial charge in [0.15, 0.2) is 5.58 Å². The highest BCUT2D eigenvalue weighted by Gasteiger charge is 2.13. The summed E-state index contributed by atoms with van der Waals surface area (Å²) < 4.78 is 5.86. The minimum Gasteiger partial charge on any atom is -0.436 e. The number of oxazole rings is 1. The molecule has 0 saturated carbocycles. The van der Waals surface area contributed by atoms with Crippen LogP contribution in [0.2, 0.25) is 10.0 Å². The summed E-state index contributed by atoms with van der Waals surface area (Å²) in [6.07, 6.45) is 0. The molecular weight excluding hydrogens is 409 g/mol. The third kappa shape index (κ3) is 4.06. The van der Waals surface area contributed by atoms with Crippen molar-refractivity contribution in [2.24, 2.45) is 0 Å². The lowest BCUT2D eigenvalue weighted by Crippen LogP contribution is -2.12. The summed E-state index contributed by atoms with van der Waals surface area (Å²) in [5.41, 5.74) is 4.14. The Morgan fingerprint density at radius 2 is 1.76 bits per heavy atom. The summed E-state index contributed by atoms with van der Waals surface area (Å²) in [4.78, 5) is 19.1. The van der Waals surface area contributed by atoms with Gasteiger partial charge in [-0.1, -0.05) is 23.2 Å². The quantitative estimate of drug-likeness (QED) is 0.427. The molecule has 0 fully saturated rings. The maximum absolute atomic E-state index is 12.5. The van der Waals surface area contributed by atoms with Crippen LogP contribution in [0.5, 0.6) is 0 Å². The third-order valence-corrected chi connectivity index (χ3v) is 5.01. The molecule has 0 aliphatic carbocycles. The fraction of sp³-hybridized carbons (Fsp3) is 0.0909. The molecule has 3 aromatic carbocycles. The second-order valence-corrected chi connectivity index (χ2v) is 7.56. The molecule has 0 aliphatic heterocycles. The molecule has 4 rings (SSSR count). The van der Waals surface area contributed by atoms with Crippen molar-refractivity contribution in [3.8, 4) is 11.5 Å². The van der Waals surface area contributed by atoms with E-state index in [9.17, 15) is 4.79 Å². The Kier molecular flexibility index (Phi) is 5.18. The molecule has 1 N–H and O–H groups in total. The minimum atomic E-state index is -0.347. The molecule has 29 heavy (non-hydrogen) atoms. The highest BCUT2D eigenvalue weighted by Crippen LogP contribution is 2.28. The number of aromatic nitrogens is 1. The summed E-state index contributed by atoms with van der Waals surface area (Å²) in [6.45, 7) is 0. The van der Waals surface area contributed by atoms with Gasteiger partial charge in [-0.2, -0.15) is 0 Å². The molecule has 5 nitrogen and oxygen atoms in total. The van der Waals surface area contributed by atoms with Crippen LogP contribution < -0.4 is 10.2 Å². The third-order valence-electron chi connectivity index (χ3n) is 4.45. The summed E-state index contributed by atoms with van der Waals surface area (Å²) in [5, 5.41) is 3.59. The van der Waals surface area contributed by atoms with Crippen molar-refractivity contribution in [2.75, 3.05) is 24.3 Å². The summed E-state index contributed by atoms with van der Waals surface area (Å²) in [5.74, 6) is 0.173. The van der Waals surface area contributed by atoms with E-state index in [1.54, 1.807) is 30.3 Å². The fourth-order valence-electron chi connectivity index (χ4n) is 2.90. The topological polar surface area (TPSA) is 58.4 Å². The van der Waals surface area contributed by atoms with E-state index in [4.69, 9.17) is 27.6 Å². The van der Waals surface area contributed by atoms with Crippen molar-refractivity contribution in [3.63, 3.8) is 0 Å². The van der Waals surface area contributed by atoms with E-state index in [2.05, 4.69) is 10.3 Å². The van der Waals surface area contributed by atoms with Gasteiger partial charge in [-0.05, 0) is 60.7 Å². The number of hydrogen-bond donors (Lipinski definition) is 1. The highest BCUT2D eigenvalue weighted by atomic mass is 35.5. The summed E-state index contributed by atoms with van der Waals surface area (Å²) in [6, 6.07) is 18.0. The van der Waals surface area contributed by atoms with E-state index in [1.807, 2.05) is 43.3 Å². The van der Waals surface area contributed by atoms with Crippen LogP contribution in [0.15, 0.2) is 65.1 Å². The molecule has 1 heterocycles. The zero-order valence-electron chi connectivity index (χ0n) is 15.7. The molecule has 0 unspecified atom stereocenters. The van der Waals surface area contributed by atoms with E-state index >= 15 is 0 Å². The number of amides is 1. The standard InChI is InChI=1S/C22H17Cl2N3O2/c1-27(2)16-7-3-13(4-8-16)22-26-19-12-15(6-10-20(19)29-22)25-21(28)17-11-14(23)5-9-18(17)24/h3-12H,1-2H3,(H,25,28). The number of anilines is 2. The number of carbonyl (C=O) groups is 1. The van der Waals surface area contributed by atoms with Crippen molar-refractivity contribution < 1.29 is 9.21 Å². The van der Waals surface area contributed by atoms with Gasteiger partial charge >= 0.3 is 0 Å². The van der Waals surface area contributed by atoms with Crippen molar-refractivity contribution in [3.05, 3.63) is 76.3 Å². The van der Waals surface area contributed by atoms with Gasteiger partial charge < -0.3 is 14.6 Å². The molecule has 1 aromatic heterocycles. The second kappa shape index (κ2) is 7.78. The summed E-state index contributed by atoms with van der Waals surface area (Å²) in [7, 11) is 3.97. The van der Waals surface area contributed by atoms with Crippen molar-refractivity contribution in [2.45, 2.75) is 0 Å². The molecule has 0 radical (unpaired) electrons. The molecule has 1 amide bonds. The van der Waals surface area contributed by atoms with Crippen LogP contribution >= 0.6 is 23.2 Å². The van der Waals surface area contributed by atoms with Crippen molar-refractivity contribution in [1.29, 1.82) is 0 Å². The minimum absolute atomic E-state index is 0.307. The number of fused-ring (bicyclic) bond motifs is 1. The number of nitrogens with one attached hydrogen (secondary N) is 1. The Balaban J connectivity index is 1.60. The summed E-state index contributed by atoms with van der Waals surface area (Å²) >= 11 is 12.1. The van der Waals surface area contributed by atoms with E-state index in [-0.39, 0.29) is 5.91 Å². The second-order valence-electron chi connectivity index (χ2n) is 6.72. The van der Waals surface area contributed by atoms with E-state index < -0.39 is 0 Å². The van der Waals surface area contributed by atoms with Crippen molar-refractivity contribution in [1.82, 2.24) is 4.98 Å². The molecule has 0 aliphatic rings. The highest BCUT2D eigenvalue weighted by molar-refractivity contribution is 6.36. The van der Waals surface area contributed by atoms with Crippen LogP contribution in [0.25, 0.3) is 22.6 Å². The SMILES string of the molecule is CN(C)c1ccc(-c2nc3cc(NC(=O)c4cc(Cl)ccc4Cl)ccc3o2)cc1. The van der Waals surface area contributed by atoms with E-state index in [0.29, 0.717) is 38.3 Å². The average Bonchev–Trinajstić information content (AvgIpc) is 3.13. The Bertz CT molecular complexity index is 1200. The van der Waals surface area contributed by atoms with Gasteiger partial charge in [0, 0.05) is 36.1 Å². The normalized spacial score (nSPS) is 10.9. The number of carbonyl (C=O) groups excluding carboxylic acids is 1. The zero-order chi connectivity index (χ0) is 20.5. The molecule has 0 spiro atoms. The lowest BCUT2D eigenvalue weighted by molar-refractivity contribution is 0.102. The van der Waals surface area contributed by atoms with Gasteiger partial charge in [0.05, 0.1) is 10.6 Å². The van der Waals surface area contributed by atoms with Gasteiger partial charge in [0.25, 0.3) is 5.91 Å². The maximum atomic E-state index is 12.5. The van der Waals surface area contributed by atoms with Crippen LogP contribution in [0, 0.1) is 0 Å². The Labute approximate surface area is 177 Å². The first-order valence-corrected chi connectivity index (χ1v) is 9.61. The Hall–Kier alpha value is -3.02. The molecule has 0 bridgehead atoms. The molecule has 4 aromatic rings. The van der Waals surface area contributed by atoms with Crippen LogP contribution in [0.3, 0.4) is 0 Å². The number of rotatable bonds is 4. The van der Waals surface area contributed by atoms with Crippen molar-refractivity contribution >= 4 is 51.6 Å². The number of benzene rings is 3. The molecule has 7 heteroatoms. The van der Waals surface area contributed by atoms with E-state index in [1.165, 1.54) is 6.07 Å². The number of nitrogens with zero attached hydrogens (tertiary/aromatic N) is 2. The van der Waals surface area contributed by atoms with Crippen LogP contribution in [0.1, 0.15) is 10.4 Å². The molecule has 146 valence electrons. The lowest BCUT2D eigenvalue weighted by atomic mass is 10.2. The average molecular weight is 426 g/mol. The van der Waals surface area contributed by atoms with Crippen LogP contribution in [-0.4, -0.2) is 25.0 Å². The van der Waals surface area contributed by atoms with Gasteiger partial charge in [0.1, 0.15) is 5.52 Å². The molecular formula is C22H17Cl2N3O2. The monoisotopic (exact) mass is 425 g/mol. The smallest absolute Gasteiger partial charge is 0.257 e. The first-order chi connectivity index (χ1) is 13.9. The Morgan fingerprint density at radius 1 is 1.00 bits per heavy atom. The predicted octanol–water partition coefficient (Wildman–Crippen LogP) is 6.12. The van der Waals surface area contributed by atoms with Crippen LogP contribution in [0.4, 0.5) is 11.4 Å². The number of halogens is 2. The van der Waals surface area contributed by atoms with Gasteiger partial charge in [-0.3, -0.25) is 4.79 Å². The van der Waals surface area contributed by atoms with Gasteiger partial charge in [0.2, 0.25) is 5.89 Å². The molecule has 0 saturated heterocycles. The first-order valence-electron chi connectivity index (χ1n) is 8.85. The molecule has 0 atom stereocenters. The zero-order valence-corrected chi connectivity index (χ0v) is 17.3. The number of hydrogen-bond acceptors (Lipinski definition) is 4.